The van der Waals surface area contributed by atoms with Crippen LogP contribution in [-0.2, 0) is 4.79 Å². The third-order valence-electron chi connectivity index (χ3n) is 3.27. The second-order valence-corrected chi connectivity index (χ2v) is 5.55. The molecule has 1 aromatic rings. The van der Waals surface area contributed by atoms with Crippen LogP contribution in [0.4, 0.5) is 0 Å². The number of nitrogens with zero attached hydrogens (tertiary/aromatic N) is 3. The minimum atomic E-state index is -0.230. The number of carbonyl (C=O) groups excluding carboxylic acids is 1. The van der Waals surface area contributed by atoms with Crippen molar-refractivity contribution in [2.75, 3.05) is 20.2 Å². The first-order valence-electron chi connectivity index (χ1n) is 8.07. The van der Waals surface area contributed by atoms with Crippen molar-refractivity contribution in [2.24, 2.45) is 0 Å². The number of hydrogen-bond acceptors (Lipinski definition) is 5. The quantitative estimate of drug-likeness (QED) is 0.644. The smallest absolute Gasteiger partial charge is 0.246 e. The van der Waals surface area contributed by atoms with Gasteiger partial charge >= 0.3 is 0 Å². The number of amides is 1. The SMILES string of the molecule is COc1cc(/C=C\C(=O)N(CCC#N)CCC#N)ccc1OC(C)C. The second kappa shape index (κ2) is 10.7. The van der Waals surface area contributed by atoms with Gasteiger partial charge in [-0.2, -0.15) is 10.5 Å². The van der Waals surface area contributed by atoms with Crippen LogP contribution in [0.5, 0.6) is 11.5 Å². The molecule has 0 bridgehead atoms. The zero-order chi connectivity index (χ0) is 18.7. The molecule has 0 aliphatic carbocycles. The standard InChI is InChI=1S/C19H23N3O3/c1-15(2)25-17-8-6-16(14-18(17)24-3)7-9-19(23)22(12-4-10-20)13-5-11-21/h6-9,14-15H,4-5,12-13H2,1-3H3/b9-7-. The first kappa shape index (κ1) is 20.1. The maximum atomic E-state index is 12.3. The van der Waals surface area contributed by atoms with Crippen LogP contribution in [0.25, 0.3) is 6.08 Å². The predicted molar refractivity (Wildman–Crippen MR) is 94.8 cm³/mol. The van der Waals surface area contributed by atoms with Crippen LogP contribution in [0.15, 0.2) is 24.3 Å². The highest BCUT2D eigenvalue weighted by molar-refractivity contribution is 5.91. The maximum absolute atomic E-state index is 12.3. The molecular formula is C19H23N3O3. The minimum Gasteiger partial charge on any atom is -0.493 e. The summed E-state index contributed by atoms with van der Waals surface area (Å²) in [6, 6.07) is 9.44. The lowest BCUT2D eigenvalue weighted by Crippen LogP contribution is -2.31. The normalized spacial score (nSPS) is 10.3. The summed E-state index contributed by atoms with van der Waals surface area (Å²) in [5.74, 6) is 1.01. The molecule has 0 aliphatic rings. The highest BCUT2D eigenvalue weighted by Crippen LogP contribution is 2.29. The van der Waals surface area contributed by atoms with Gasteiger partial charge < -0.3 is 14.4 Å². The van der Waals surface area contributed by atoms with E-state index in [2.05, 4.69) is 0 Å². The van der Waals surface area contributed by atoms with Crippen LogP contribution in [0, 0.1) is 22.7 Å². The molecule has 0 N–H and O–H groups in total. The van der Waals surface area contributed by atoms with Gasteiger partial charge in [0.25, 0.3) is 0 Å². The Morgan fingerprint density at radius 1 is 1.20 bits per heavy atom. The molecule has 0 atom stereocenters. The van der Waals surface area contributed by atoms with Gasteiger partial charge in [-0.05, 0) is 37.6 Å². The summed E-state index contributed by atoms with van der Waals surface area (Å²) in [6.45, 7) is 4.49. The molecule has 0 saturated carbocycles. The van der Waals surface area contributed by atoms with Crippen LogP contribution in [-0.4, -0.2) is 37.1 Å². The molecule has 1 aromatic carbocycles. The Hall–Kier alpha value is -2.99. The summed E-state index contributed by atoms with van der Waals surface area (Å²) in [5.41, 5.74) is 0.793. The van der Waals surface area contributed by atoms with E-state index < -0.39 is 0 Å². The Morgan fingerprint density at radius 2 is 1.84 bits per heavy atom. The molecule has 0 aromatic heterocycles. The lowest BCUT2D eigenvalue weighted by atomic mass is 10.1. The van der Waals surface area contributed by atoms with Crippen molar-refractivity contribution in [2.45, 2.75) is 32.8 Å². The molecule has 0 spiro atoms. The number of ether oxygens (including phenoxy) is 2. The van der Waals surface area contributed by atoms with Gasteiger partial charge in [0.15, 0.2) is 11.5 Å². The lowest BCUT2D eigenvalue weighted by Gasteiger charge is -2.18. The van der Waals surface area contributed by atoms with Gasteiger partial charge in [-0.25, -0.2) is 0 Å². The Labute approximate surface area is 148 Å². The third kappa shape index (κ3) is 6.97. The van der Waals surface area contributed by atoms with Crippen molar-refractivity contribution in [1.29, 1.82) is 10.5 Å². The Balaban J connectivity index is 2.86. The van der Waals surface area contributed by atoms with Gasteiger partial charge in [-0.1, -0.05) is 6.07 Å². The van der Waals surface area contributed by atoms with E-state index in [1.54, 1.807) is 25.3 Å². The van der Waals surface area contributed by atoms with Crippen molar-refractivity contribution in [3.63, 3.8) is 0 Å². The molecule has 0 unspecified atom stereocenters. The van der Waals surface area contributed by atoms with Crippen LogP contribution in [0.2, 0.25) is 0 Å². The molecule has 6 heteroatoms. The number of carbonyl (C=O) groups is 1. The number of hydrogen-bond donors (Lipinski definition) is 0. The predicted octanol–water partition coefficient (Wildman–Crippen LogP) is 3.15. The molecule has 0 aliphatic heterocycles. The lowest BCUT2D eigenvalue weighted by molar-refractivity contribution is -0.125. The van der Waals surface area contributed by atoms with Crippen molar-refractivity contribution in [3.05, 3.63) is 29.8 Å². The monoisotopic (exact) mass is 341 g/mol. The fraction of sp³-hybridized carbons (Fsp3) is 0.421. The molecule has 0 radical (unpaired) electrons. The largest absolute Gasteiger partial charge is 0.493 e. The van der Waals surface area contributed by atoms with Gasteiger partial charge in [-0.3, -0.25) is 4.79 Å². The van der Waals surface area contributed by atoms with Gasteiger partial charge in [0.2, 0.25) is 5.91 Å². The van der Waals surface area contributed by atoms with Gasteiger partial charge in [-0.15, -0.1) is 0 Å². The number of nitriles is 2. The summed E-state index contributed by atoms with van der Waals surface area (Å²) < 4.78 is 11.0. The summed E-state index contributed by atoms with van der Waals surface area (Å²) in [5, 5.41) is 17.4. The number of rotatable bonds is 9. The Morgan fingerprint density at radius 3 is 2.36 bits per heavy atom. The first-order valence-corrected chi connectivity index (χ1v) is 8.07. The van der Waals surface area contributed by atoms with Crippen LogP contribution in [0.1, 0.15) is 32.3 Å². The fourth-order valence-electron chi connectivity index (χ4n) is 2.11. The van der Waals surface area contributed by atoms with E-state index in [1.807, 2.05) is 32.1 Å². The van der Waals surface area contributed by atoms with Crippen molar-refractivity contribution in [1.82, 2.24) is 4.90 Å². The molecule has 0 fully saturated rings. The van der Waals surface area contributed by atoms with Crippen LogP contribution >= 0.6 is 0 Å². The van der Waals surface area contributed by atoms with Gasteiger partial charge in [0.05, 0.1) is 38.2 Å². The molecule has 1 rings (SSSR count). The molecule has 0 saturated heterocycles. The van der Waals surface area contributed by atoms with E-state index in [9.17, 15) is 4.79 Å². The van der Waals surface area contributed by atoms with E-state index in [0.717, 1.165) is 5.56 Å². The van der Waals surface area contributed by atoms with E-state index in [-0.39, 0.29) is 24.9 Å². The van der Waals surface area contributed by atoms with Crippen molar-refractivity contribution >= 4 is 12.0 Å². The van der Waals surface area contributed by atoms with Gasteiger partial charge in [0, 0.05) is 19.2 Å². The average molecular weight is 341 g/mol. The fourth-order valence-corrected chi connectivity index (χ4v) is 2.11. The summed E-state index contributed by atoms with van der Waals surface area (Å²) in [7, 11) is 1.56. The van der Waals surface area contributed by atoms with Gasteiger partial charge in [0.1, 0.15) is 0 Å². The summed E-state index contributed by atoms with van der Waals surface area (Å²) in [4.78, 5) is 13.8. The first-order chi connectivity index (χ1) is 12.0. The van der Waals surface area contributed by atoms with Crippen LogP contribution in [0.3, 0.4) is 0 Å². The number of methoxy groups -OCH3 is 1. The van der Waals surface area contributed by atoms with Crippen molar-refractivity contribution < 1.29 is 14.3 Å². The zero-order valence-electron chi connectivity index (χ0n) is 14.9. The highest BCUT2D eigenvalue weighted by atomic mass is 16.5. The summed E-state index contributed by atoms with van der Waals surface area (Å²) in [6.07, 6.45) is 3.62. The van der Waals surface area contributed by atoms with Crippen LogP contribution < -0.4 is 9.47 Å². The topological polar surface area (TPSA) is 86.4 Å². The molecule has 1 amide bonds. The molecule has 25 heavy (non-hydrogen) atoms. The van der Waals surface area contributed by atoms with E-state index in [1.165, 1.54) is 11.0 Å². The third-order valence-corrected chi connectivity index (χ3v) is 3.27. The minimum absolute atomic E-state index is 0.0331. The highest BCUT2D eigenvalue weighted by Gasteiger charge is 2.10. The van der Waals surface area contributed by atoms with E-state index in [0.29, 0.717) is 24.6 Å². The van der Waals surface area contributed by atoms with E-state index in [4.69, 9.17) is 20.0 Å². The molecule has 132 valence electrons. The summed E-state index contributed by atoms with van der Waals surface area (Å²) >= 11 is 0. The molecule has 0 heterocycles. The Bertz CT molecular complexity index is 666. The molecule has 6 nitrogen and oxygen atoms in total. The van der Waals surface area contributed by atoms with Crippen molar-refractivity contribution in [3.8, 4) is 23.6 Å². The second-order valence-electron chi connectivity index (χ2n) is 5.55. The molecular weight excluding hydrogens is 318 g/mol. The average Bonchev–Trinajstić information content (AvgIpc) is 2.60. The van der Waals surface area contributed by atoms with E-state index >= 15 is 0 Å². The Kier molecular flexibility index (Phi) is 8.60. The zero-order valence-corrected chi connectivity index (χ0v) is 14.9. The maximum Gasteiger partial charge on any atom is 0.246 e. The number of benzene rings is 1.